The minimum Gasteiger partial charge on any atom is -0.490 e. The topological polar surface area (TPSA) is 55.0 Å². The van der Waals surface area contributed by atoms with Crippen LogP contribution in [-0.4, -0.2) is 16.6 Å². The van der Waals surface area contributed by atoms with Gasteiger partial charge in [-0.15, -0.1) is 11.3 Å². The Bertz CT molecular complexity index is 891. The van der Waals surface area contributed by atoms with Crippen molar-refractivity contribution >= 4 is 21.6 Å². The summed E-state index contributed by atoms with van der Waals surface area (Å²) in [6, 6.07) is 7.48. The molecule has 0 aliphatic carbocycles. The van der Waals surface area contributed by atoms with E-state index in [-0.39, 0.29) is 5.56 Å². The number of fused-ring (bicyclic) bond motifs is 1. The Morgan fingerprint density at radius 3 is 2.73 bits per heavy atom. The van der Waals surface area contributed by atoms with E-state index in [1.54, 1.807) is 17.4 Å². The number of ether oxygens (including phenoxy) is 1. The van der Waals surface area contributed by atoms with E-state index in [9.17, 15) is 4.79 Å². The van der Waals surface area contributed by atoms with Gasteiger partial charge < -0.3 is 9.72 Å². The first-order valence-electron chi connectivity index (χ1n) is 6.94. The number of thiophene rings is 1. The molecule has 3 aromatic rings. The van der Waals surface area contributed by atoms with Crippen LogP contribution in [0, 0.1) is 13.8 Å². The maximum atomic E-state index is 12.3. The molecular formula is C17H16N2O2S. The maximum absolute atomic E-state index is 12.3. The van der Waals surface area contributed by atoms with E-state index >= 15 is 0 Å². The lowest BCUT2D eigenvalue weighted by molar-refractivity contribution is 0.363. The van der Waals surface area contributed by atoms with Gasteiger partial charge in [-0.3, -0.25) is 4.79 Å². The number of H-pyrrole nitrogens is 1. The van der Waals surface area contributed by atoms with Gasteiger partial charge in [0.1, 0.15) is 23.0 Å². The third-order valence-electron chi connectivity index (χ3n) is 3.53. The van der Waals surface area contributed by atoms with E-state index in [4.69, 9.17) is 4.74 Å². The lowest BCUT2D eigenvalue weighted by Gasteiger charge is -2.05. The van der Waals surface area contributed by atoms with Gasteiger partial charge in [-0.2, -0.15) is 0 Å². The third-order valence-corrected chi connectivity index (χ3v) is 4.64. The average molecular weight is 312 g/mol. The molecule has 5 heteroatoms. The summed E-state index contributed by atoms with van der Waals surface area (Å²) >= 11 is 1.55. The first kappa shape index (κ1) is 14.5. The quantitative estimate of drug-likeness (QED) is 0.745. The Hall–Kier alpha value is -2.40. The fraction of sp³-hybridized carbons (Fsp3) is 0.176. The molecule has 0 spiro atoms. The number of nitrogens with one attached hydrogen (secondary N) is 1. The van der Waals surface area contributed by atoms with Crippen molar-refractivity contribution in [2.45, 2.75) is 13.8 Å². The molecule has 0 atom stereocenters. The van der Waals surface area contributed by atoms with Crippen LogP contribution in [0.2, 0.25) is 0 Å². The lowest BCUT2D eigenvalue weighted by Crippen LogP contribution is -2.09. The summed E-state index contributed by atoms with van der Waals surface area (Å²) in [5.41, 5.74) is 1.77. The predicted octanol–water partition coefficient (Wildman–Crippen LogP) is 3.83. The van der Waals surface area contributed by atoms with Crippen LogP contribution in [0.1, 0.15) is 10.4 Å². The third kappa shape index (κ3) is 2.55. The standard InChI is InChI=1S/C17H16N2O2S/c1-4-9-21-13-7-5-12(6-8-13)15-18-16(20)14-10(2)11(3)22-17(14)19-15/h4-8H,1,9H2,2-3H3,(H,18,19,20). The number of hydrogen-bond donors (Lipinski definition) is 1. The summed E-state index contributed by atoms with van der Waals surface area (Å²) in [7, 11) is 0. The maximum Gasteiger partial charge on any atom is 0.260 e. The monoisotopic (exact) mass is 312 g/mol. The van der Waals surface area contributed by atoms with Crippen molar-refractivity contribution in [1.82, 2.24) is 9.97 Å². The second-order valence-corrected chi connectivity index (χ2v) is 6.21. The lowest BCUT2D eigenvalue weighted by atomic mass is 10.2. The summed E-state index contributed by atoms with van der Waals surface area (Å²) in [6.07, 6.45) is 1.70. The number of aryl methyl sites for hydroxylation is 2. The summed E-state index contributed by atoms with van der Waals surface area (Å²) in [4.78, 5) is 21.6. The Morgan fingerprint density at radius 1 is 1.32 bits per heavy atom. The second-order valence-electron chi connectivity index (χ2n) is 5.00. The average Bonchev–Trinajstić information content (AvgIpc) is 2.81. The van der Waals surface area contributed by atoms with E-state index in [1.807, 2.05) is 38.1 Å². The van der Waals surface area contributed by atoms with E-state index in [1.165, 1.54) is 0 Å². The first-order chi connectivity index (χ1) is 10.6. The number of hydrogen-bond acceptors (Lipinski definition) is 4. The predicted molar refractivity (Wildman–Crippen MR) is 90.8 cm³/mol. The highest BCUT2D eigenvalue weighted by Gasteiger charge is 2.12. The van der Waals surface area contributed by atoms with Gasteiger partial charge in [-0.25, -0.2) is 4.98 Å². The molecule has 0 aliphatic rings. The molecule has 2 aromatic heterocycles. The molecule has 112 valence electrons. The molecule has 2 heterocycles. The summed E-state index contributed by atoms with van der Waals surface area (Å²) in [6.45, 7) is 8.04. The zero-order valence-corrected chi connectivity index (χ0v) is 13.3. The fourth-order valence-electron chi connectivity index (χ4n) is 2.26. The highest BCUT2D eigenvalue weighted by Crippen LogP contribution is 2.27. The molecule has 1 aromatic carbocycles. The zero-order valence-electron chi connectivity index (χ0n) is 12.5. The highest BCUT2D eigenvalue weighted by molar-refractivity contribution is 7.18. The molecule has 0 amide bonds. The van der Waals surface area contributed by atoms with E-state index in [0.717, 1.165) is 26.6 Å². The number of aromatic nitrogens is 2. The van der Waals surface area contributed by atoms with Gasteiger partial charge in [-0.1, -0.05) is 12.7 Å². The Labute approximate surface area is 132 Å². The van der Waals surface area contributed by atoms with Crippen LogP contribution in [0.25, 0.3) is 21.6 Å². The molecule has 0 unspecified atom stereocenters. The van der Waals surface area contributed by atoms with Crippen LogP contribution in [0.4, 0.5) is 0 Å². The smallest absolute Gasteiger partial charge is 0.260 e. The molecule has 0 radical (unpaired) electrons. The van der Waals surface area contributed by atoms with Crippen molar-refractivity contribution in [2.24, 2.45) is 0 Å². The van der Waals surface area contributed by atoms with Crippen molar-refractivity contribution in [3.05, 3.63) is 57.7 Å². The first-order valence-corrected chi connectivity index (χ1v) is 7.76. The van der Waals surface area contributed by atoms with Crippen molar-refractivity contribution in [1.29, 1.82) is 0 Å². The number of aromatic amines is 1. The van der Waals surface area contributed by atoms with Crippen LogP contribution < -0.4 is 10.3 Å². The van der Waals surface area contributed by atoms with E-state index in [2.05, 4.69) is 16.5 Å². The van der Waals surface area contributed by atoms with Crippen molar-refractivity contribution in [2.75, 3.05) is 6.61 Å². The van der Waals surface area contributed by atoms with Gasteiger partial charge in [0.2, 0.25) is 0 Å². The van der Waals surface area contributed by atoms with Crippen molar-refractivity contribution < 1.29 is 4.74 Å². The van der Waals surface area contributed by atoms with Crippen LogP contribution in [0.15, 0.2) is 41.7 Å². The van der Waals surface area contributed by atoms with Crippen molar-refractivity contribution in [3.63, 3.8) is 0 Å². The van der Waals surface area contributed by atoms with E-state index in [0.29, 0.717) is 17.8 Å². The summed E-state index contributed by atoms with van der Waals surface area (Å²) in [5.74, 6) is 1.34. The minimum atomic E-state index is -0.0890. The zero-order chi connectivity index (χ0) is 15.7. The molecule has 22 heavy (non-hydrogen) atoms. The number of rotatable bonds is 4. The van der Waals surface area contributed by atoms with Gasteiger partial charge in [0.15, 0.2) is 0 Å². The molecular weight excluding hydrogens is 296 g/mol. The molecule has 0 saturated carbocycles. The van der Waals surface area contributed by atoms with Gasteiger partial charge in [0.05, 0.1) is 5.39 Å². The summed E-state index contributed by atoms with van der Waals surface area (Å²) < 4.78 is 5.45. The fourth-order valence-corrected chi connectivity index (χ4v) is 3.29. The molecule has 0 saturated heterocycles. The SMILES string of the molecule is C=CCOc1ccc(-c2nc3sc(C)c(C)c3c(=O)[nH]2)cc1. The van der Waals surface area contributed by atoms with Crippen LogP contribution >= 0.6 is 11.3 Å². The Morgan fingerprint density at radius 2 is 2.05 bits per heavy atom. The van der Waals surface area contributed by atoms with Crippen molar-refractivity contribution in [3.8, 4) is 17.1 Å². The Balaban J connectivity index is 2.03. The molecule has 0 bridgehead atoms. The number of nitrogens with zero attached hydrogens (tertiary/aromatic N) is 1. The van der Waals surface area contributed by atoms with Gasteiger partial charge >= 0.3 is 0 Å². The summed E-state index contributed by atoms with van der Waals surface area (Å²) in [5, 5.41) is 0.692. The van der Waals surface area contributed by atoms with Crippen LogP contribution in [0.5, 0.6) is 5.75 Å². The molecule has 0 aliphatic heterocycles. The van der Waals surface area contributed by atoms with Crippen LogP contribution in [0.3, 0.4) is 0 Å². The van der Waals surface area contributed by atoms with E-state index < -0.39 is 0 Å². The van der Waals surface area contributed by atoms with Gasteiger partial charge in [0.25, 0.3) is 5.56 Å². The second kappa shape index (κ2) is 5.77. The number of benzene rings is 1. The minimum absolute atomic E-state index is 0.0890. The highest BCUT2D eigenvalue weighted by atomic mass is 32.1. The van der Waals surface area contributed by atoms with Gasteiger partial charge in [0, 0.05) is 10.4 Å². The molecule has 0 fully saturated rings. The Kier molecular flexibility index (Phi) is 3.81. The molecule has 3 rings (SSSR count). The van der Waals surface area contributed by atoms with Gasteiger partial charge in [-0.05, 0) is 43.7 Å². The molecule has 4 nitrogen and oxygen atoms in total. The molecule has 1 N–H and O–H groups in total. The van der Waals surface area contributed by atoms with Crippen LogP contribution in [-0.2, 0) is 0 Å². The normalized spacial score (nSPS) is 10.8. The largest absolute Gasteiger partial charge is 0.490 e.